The van der Waals surface area contributed by atoms with Gasteiger partial charge in [0.25, 0.3) is 0 Å². The van der Waals surface area contributed by atoms with E-state index in [1.165, 1.54) is 27.8 Å². The predicted octanol–water partition coefficient (Wildman–Crippen LogP) is 4.71. The molecule has 3 rings (SSSR count). The molecule has 0 saturated carbocycles. The predicted molar refractivity (Wildman–Crippen MR) is 73.5 cm³/mol. The zero-order valence-electron chi connectivity index (χ0n) is 9.98. The molecule has 0 saturated heterocycles. The van der Waals surface area contributed by atoms with Crippen molar-refractivity contribution in [3.05, 3.63) is 71.7 Å². The van der Waals surface area contributed by atoms with E-state index in [1.807, 2.05) is 0 Å². The molecule has 0 aromatic heterocycles. The number of hydrogen-bond donors (Lipinski definition) is 0. The summed E-state index contributed by atoms with van der Waals surface area (Å²) in [5.41, 5.74) is 6.70. The first-order valence-electron chi connectivity index (χ1n) is 6.11. The van der Waals surface area contributed by atoms with Crippen LogP contribution < -0.4 is 0 Å². The van der Waals surface area contributed by atoms with Gasteiger partial charge in [0, 0.05) is 6.42 Å². The highest BCUT2D eigenvalue weighted by Gasteiger charge is 2.12. The van der Waals surface area contributed by atoms with Crippen molar-refractivity contribution in [2.75, 3.05) is 0 Å². The number of allylic oxidation sites excluding steroid dienone is 1. The van der Waals surface area contributed by atoms with Gasteiger partial charge in [-0.1, -0.05) is 61.0 Å². The highest BCUT2D eigenvalue weighted by atomic mass is 14.2. The molecule has 0 heteroatoms. The summed E-state index contributed by atoms with van der Waals surface area (Å²) in [6, 6.07) is 17.2. The standard InChI is InChI=1S/C17H15/c1-2-13-10-15-8-9-16(12-17(15)11-13)14-6-4-3-5-7-14/h3-12H,2H2,1H3. The molecule has 0 atom stereocenters. The smallest absolute Gasteiger partial charge is 0.0164 e. The first-order valence-corrected chi connectivity index (χ1v) is 6.11. The Morgan fingerprint density at radius 2 is 1.65 bits per heavy atom. The topological polar surface area (TPSA) is 0 Å². The fraction of sp³-hybridized carbons (Fsp3) is 0.118. The molecule has 2 aromatic carbocycles. The third-order valence-corrected chi connectivity index (χ3v) is 3.28. The summed E-state index contributed by atoms with van der Waals surface area (Å²) in [5, 5.41) is 0. The van der Waals surface area contributed by atoms with Crippen LogP contribution in [0, 0.1) is 6.42 Å². The van der Waals surface area contributed by atoms with Gasteiger partial charge in [0.15, 0.2) is 0 Å². The molecule has 1 aliphatic rings. The third kappa shape index (κ3) is 1.91. The summed E-state index contributed by atoms with van der Waals surface area (Å²) >= 11 is 0. The minimum atomic E-state index is 1.11. The lowest BCUT2D eigenvalue weighted by Crippen LogP contribution is -1.83. The van der Waals surface area contributed by atoms with E-state index in [9.17, 15) is 0 Å². The van der Waals surface area contributed by atoms with Crippen molar-refractivity contribution in [1.29, 1.82) is 0 Å². The normalized spacial score (nSPS) is 13.4. The van der Waals surface area contributed by atoms with Gasteiger partial charge in [-0.2, -0.15) is 0 Å². The second-order valence-corrected chi connectivity index (χ2v) is 4.43. The molecular formula is C17H15. The first-order chi connectivity index (χ1) is 8.36. The molecule has 0 heterocycles. The van der Waals surface area contributed by atoms with E-state index in [0.717, 1.165) is 6.42 Å². The van der Waals surface area contributed by atoms with E-state index in [-0.39, 0.29) is 0 Å². The van der Waals surface area contributed by atoms with E-state index >= 15 is 0 Å². The van der Waals surface area contributed by atoms with Gasteiger partial charge in [-0.05, 0) is 34.7 Å². The van der Waals surface area contributed by atoms with Crippen molar-refractivity contribution < 1.29 is 0 Å². The summed E-state index contributed by atoms with van der Waals surface area (Å²) < 4.78 is 0. The van der Waals surface area contributed by atoms with Gasteiger partial charge in [0.1, 0.15) is 0 Å². The zero-order chi connectivity index (χ0) is 11.7. The van der Waals surface area contributed by atoms with E-state index < -0.39 is 0 Å². The van der Waals surface area contributed by atoms with Crippen LogP contribution in [0.4, 0.5) is 0 Å². The molecule has 0 nitrogen and oxygen atoms in total. The highest BCUT2D eigenvalue weighted by Crippen LogP contribution is 2.31. The Morgan fingerprint density at radius 1 is 0.824 bits per heavy atom. The quantitative estimate of drug-likeness (QED) is 0.686. The number of rotatable bonds is 2. The fourth-order valence-electron chi connectivity index (χ4n) is 2.29. The Kier molecular flexibility index (Phi) is 2.56. The summed E-state index contributed by atoms with van der Waals surface area (Å²) in [4.78, 5) is 0. The molecule has 17 heavy (non-hydrogen) atoms. The maximum atomic E-state index is 2.29. The van der Waals surface area contributed by atoms with Crippen molar-refractivity contribution in [1.82, 2.24) is 0 Å². The van der Waals surface area contributed by atoms with Gasteiger partial charge in [-0.15, -0.1) is 0 Å². The maximum Gasteiger partial charge on any atom is 0.0164 e. The van der Waals surface area contributed by atoms with Crippen molar-refractivity contribution in [3.8, 4) is 11.1 Å². The van der Waals surface area contributed by atoms with Gasteiger partial charge < -0.3 is 0 Å². The molecule has 0 aliphatic heterocycles. The Bertz CT molecular complexity index is 562. The fourth-order valence-corrected chi connectivity index (χ4v) is 2.29. The third-order valence-electron chi connectivity index (χ3n) is 3.28. The van der Waals surface area contributed by atoms with E-state index in [0.29, 0.717) is 0 Å². The lowest BCUT2D eigenvalue weighted by molar-refractivity contribution is 1.14. The average Bonchev–Trinajstić information content (AvgIpc) is 2.81. The first kappa shape index (κ1) is 10.3. The molecule has 0 bridgehead atoms. The lowest BCUT2D eigenvalue weighted by Gasteiger charge is -2.04. The summed E-state index contributed by atoms with van der Waals surface area (Å²) in [6.45, 7) is 2.20. The monoisotopic (exact) mass is 219 g/mol. The number of fused-ring (bicyclic) bond motifs is 1. The van der Waals surface area contributed by atoms with E-state index in [2.05, 4.69) is 68.0 Å². The van der Waals surface area contributed by atoms with Crippen LogP contribution >= 0.6 is 0 Å². The summed E-state index contributed by atoms with van der Waals surface area (Å²) in [5.74, 6) is 0. The van der Waals surface area contributed by atoms with Crippen LogP contribution in [0.2, 0.25) is 0 Å². The molecule has 0 N–H and O–H groups in total. The van der Waals surface area contributed by atoms with Gasteiger partial charge >= 0.3 is 0 Å². The minimum Gasteiger partial charge on any atom is -0.0622 e. The second-order valence-electron chi connectivity index (χ2n) is 4.43. The van der Waals surface area contributed by atoms with Crippen molar-refractivity contribution >= 4 is 6.08 Å². The SMILES string of the molecule is CCC1=Cc2cc(-c3ccccc3)ccc2[CH]1. The zero-order valence-corrected chi connectivity index (χ0v) is 9.98. The van der Waals surface area contributed by atoms with Crippen LogP contribution in [0.15, 0.2) is 54.1 Å². The van der Waals surface area contributed by atoms with E-state index in [1.54, 1.807) is 0 Å². The van der Waals surface area contributed by atoms with Crippen LogP contribution in [0.5, 0.6) is 0 Å². The van der Waals surface area contributed by atoms with Crippen molar-refractivity contribution in [2.45, 2.75) is 13.3 Å². The van der Waals surface area contributed by atoms with Crippen LogP contribution in [-0.4, -0.2) is 0 Å². The Balaban J connectivity index is 2.03. The highest BCUT2D eigenvalue weighted by molar-refractivity contribution is 5.75. The number of hydrogen-bond acceptors (Lipinski definition) is 0. The van der Waals surface area contributed by atoms with Gasteiger partial charge in [-0.25, -0.2) is 0 Å². The minimum absolute atomic E-state index is 1.11. The lowest BCUT2D eigenvalue weighted by atomic mass is 10.0. The molecule has 0 amide bonds. The Labute approximate surface area is 103 Å². The second kappa shape index (κ2) is 4.21. The van der Waals surface area contributed by atoms with E-state index in [4.69, 9.17) is 0 Å². The molecule has 1 radical (unpaired) electrons. The van der Waals surface area contributed by atoms with Gasteiger partial charge in [0.2, 0.25) is 0 Å². The molecule has 1 aliphatic carbocycles. The summed E-state index contributed by atoms with van der Waals surface area (Å²) in [6.07, 6.45) is 5.68. The molecular weight excluding hydrogens is 204 g/mol. The maximum absolute atomic E-state index is 2.29. The van der Waals surface area contributed by atoms with Gasteiger partial charge in [0.05, 0.1) is 0 Å². The molecule has 0 fully saturated rings. The van der Waals surface area contributed by atoms with Crippen LogP contribution in [0.1, 0.15) is 24.5 Å². The Hall–Kier alpha value is -1.82. The van der Waals surface area contributed by atoms with Crippen LogP contribution in [0.3, 0.4) is 0 Å². The summed E-state index contributed by atoms with van der Waals surface area (Å²) in [7, 11) is 0. The number of benzene rings is 2. The molecule has 0 spiro atoms. The average molecular weight is 219 g/mol. The largest absolute Gasteiger partial charge is 0.0622 e. The molecule has 0 unspecified atom stereocenters. The Morgan fingerprint density at radius 3 is 2.41 bits per heavy atom. The molecule has 2 aromatic rings. The van der Waals surface area contributed by atoms with Crippen molar-refractivity contribution in [2.24, 2.45) is 0 Å². The van der Waals surface area contributed by atoms with Crippen molar-refractivity contribution in [3.63, 3.8) is 0 Å². The van der Waals surface area contributed by atoms with Gasteiger partial charge in [-0.3, -0.25) is 0 Å². The van der Waals surface area contributed by atoms with Crippen LogP contribution in [0.25, 0.3) is 17.2 Å². The van der Waals surface area contributed by atoms with Crippen LogP contribution in [-0.2, 0) is 0 Å². The molecule has 83 valence electrons.